The van der Waals surface area contributed by atoms with Crippen LogP contribution in [0.25, 0.3) is 0 Å². The normalized spacial score (nSPS) is 16.9. The Labute approximate surface area is 217 Å². The average Bonchev–Trinajstić information content (AvgIpc) is 3.65. The van der Waals surface area contributed by atoms with E-state index in [2.05, 4.69) is 30.5 Å². The Bertz CT molecular complexity index is 1200. The van der Waals surface area contributed by atoms with Crippen LogP contribution in [0.3, 0.4) is 0 Å². The van der Waals surface area contributed by atoms with Gasteiger partial charge in [0.1, 0.15) is 12.3 Å². The van der Waals surface area contributed by atoms with Gasteiger partial charge in [-0.1, -0.05) is 37.6 Å². The van der Waals surface area contributed by atoms with Gasteiger partial charge in [-0.25, -0.2) is 0 Å². The summed E-state index contributed by atoms with van der Waals surface area (Å²) in [5, 5.41) is 2.11. The topological polar surface area (TPSA) is 49.9 Å². The molecule has 6 heteroatoms. The smallest absolute Gasteiger partial charge is 0.254 e. The van der Waals surface area contributed by atoms with Gasteiger partial charge in [0, 0.05) is 23.0 Å². The van der Waals surface area contributed by atoms with Gasteiger partial charge in [0.05, 0.1) is 13.2 Å². The van der Waals surface area contributed by atoms with E-state index in [0.717, 1.165) is 49.8 Å². The summed E-state index contributed by atoms with van der Waals surface area (Å²) in [6, 6.07) is 18.1. The highest BCUT2D eigenvalue weighted by Gasteiger charge is 2.38. The van der Waals surface area contributed by atoms with Gasteiger partial charge >= 0.3 is 0 Å². The molecule has 1 atom stereocenters. The number of ether oxygens (including phenoxy) is 1. The molecule has 2 aliphatic rings. The van der Waals surface area contributed by atoms with Crippen molar-refractivity contribution in [3.05, 3.63) is 87.1 Å². The molecule has 1 aliphatic heterocycles. The van der Waals surface area contributed by atoms with Crippen LogP contribution in [0, 0.1) is 0 Å². The lowest BCUT2D eigenvalue weighted by molar-refractivity contribution is -0.134. The molecule has 2 amide bonds. The van der Waals surface area contributed by atoms with E-state index >= 15 is 0 Å². The van der Waals surface area contributed by atoms with Gasteiger partial charge in [0.2, 0.25) is 5.91 Å². The van der Waals surface area contributed by atoms with Crippen molar-refractivity contribution in [2.45, 2.75) is 57.5 Å². The van der Waals surface area contributed by atoms with Crippen molar-refractivity contribution in [2.24, 2.45) is 0 Å². The van der Waals surface area contributed by atoms with Crippen LogP contribution in [0.15, 0.2) is 60.0 Å². The maximum atomic E-state index is 13.8. The maximum absolute atomic E-state index is 13.8. The number of aryl methyl sites for hydroxylation is 1. The summed E-state index contributed by atoms with van der Waals surface area (Å²) in [4.78, 5) is 32.4. The molecule has 0 radical (unpaired) electrons. The third-order valence-corrected chi connectivity index (χ3v) is 8.29. The highest BCUT2D eigenvalue weighted by atomic mass is 32.1. The first kappa shape index (κ1) is 24.6. The summed E-state index contributed by atoms with van der Waals surface area (Å²) < 4.78 is 5.34. The van der Waals surface area contributed by atoms with Gasteiger partial charge in [-0.15, -0.1) is 11.3 Å². The molecule has 0 bridgehead atoms. The summed E-state index contributed by atoms with van der Waals surface area (Å²) >= 11 is 1.75. The molecule has 2 aromatic carbocycles. The lowest BCUT2D eigenvalue weighted by atomic mass is 9.93. The molecule has 5 rings (SSSR count). The van der Waals surface area contributed by atoms with Gasteiger partial charge in [0.15, 0.2) is 0 Å². The first-order valence-electron chi connectivity index (χ1n) is 13.0. The third kappa shape index (κ3) is 5.19. The van der Waals surface area contributed by atoms with Crippen LogP contribution < -0.4 is 4.74 Å². The minimum atomic E-state index is -0.146. The molecule has 3 aromatic rings. The van der Waals surface area contributed by atoms with Crippen LogP contribution in [0.4, 0.5) is 0 Å². The van der Waals surface area contributed by atoms with E-state index in [4.69, 9.17) is 4.74 Å². The number of thiophene rings is 1. The maximum Gasteiger partial charge on any atom is 0.254 e. The van der Waals surface area contributed by atoms with Crippen LogP contribution >= 0.6 is 11.3 Å². The van der Waals surface area contributed by atoms with E-state index in [-0.39, 0.29) is 30.4 Å². The van der Waals surface area contributed by atoms with Gasteiger partial charge in [0.25, 0.3) is 5.91 Å². The molecule has 1 fully saturated rings. The zero-order valence-electron chi connectivity index (χ0n) is 21.1. The number of hydrogen-bond acceptors (Lipinski definition) is 4. The lowest BCUT2D eigenvalue weighted by Gasteiger charge is -2.37. The molecular formula is C30H34N2O3S. The number of carbonyl (C=O) groups is 2. The van der Waals surface area contributed by atoms with Gasteiger partial charge in [-0.3, -0.25) is 9.59 Å². The summed E-state index contributed by atoms with van der Waals surface area (Å²) in [6.07, 6.45) is 6.10. The van der Waals surface area contributed by atoms with Crippen LogP contribution in [-0.4, -0.2) is 47.9 Å². The molecule has 1 saturated carbocycles. The Hall–Kier alpha value is -3.12. The number of hydrogen-bond donors (Lipinski definition) is 0. The summed E-state index contributed by atoms with van der Waals surface area (Å²) in [7, 11) is 1.66. The van der Waals surface area contributed by atoms with Crippen molar-refractivity contribution in [2.75, 3.05) is 20.2 Å². The van der Waals surface area contributed by atoms with Crippen LogP contribution in [-0.2, 0) is 17.6 Å². The van der Waals surface area contributed by atoms with Gasteiger partial charge < -0.3 is 14.5 Å². The summed E-state index contributed by atoms with van der Waals surface area (Å²) in [5.41, 5.74) is 4.18. The second-order valence-corrected chi connectivity index (χ2v) is 10.8. The number of nitrogens with zero attached hydrogens (tertiary/aromatic N) is 2. The van der Waals surface area contributed by atoms with Crippen molar-refractivity contribution < 1.29 is 14.3 Å². The number of carbonyl (C=O) groups excluding carboxylic acids is 2. The minimum absolute atomic E-state index is 0.00693. The second kappa shape index (κ2) is 10.9. The van der Waals surface area contributed by atoms with E-state index in [9.17, 15) is 9.59 Å². The monoisotopic (exact) mass is 502 g/mol. The molecule has 2 heterocycles. The highest BCUT2D eigenvalue weighted by molar-refractivity contribution is 7.10. The second-order valence-electron chi connectivity index (χ2n) is 9.78. The summed E-state index contributed by atoms with van der Waals surface area (Å²) in [5.74, 6) is 0.763. The number of unbranched alkanes of at least 4 members (excludes halogenated alkanes) is 1. The van der Waals surface area contributed by atoms with Crippen LogP contribution in [0.1, 0.15) is 70.6 Å². The predicted molar refractivity (Wildman–Crippen MR) is 144 cm³/mol. The molecule has 0 spiro atoms. The molecule has 188 valence electrons. The Morgan fingerprint density at radius 1 is 1.06 bits per heavy atom. The Kier molecular flexibility index (Phi) is 7.42. The molecule has 0 N–H and O–H groups in total. The quantitative estimate of drug-likeness (QED) is 0.367. The summed E-state index contributed by atoms with van der Waals surface area (Å²) in [6.45, 7) is 2.96. The van der Waals surface area contributed by atoms with Crippen LogP contribution in [0.2, 0.25) is 0 Å². The van der Waals surface area contributed by atoms with Crippen molar-refractivity contribution in [1.29, 1.82) is 0 Å². The largest absolute Gasteiger partial charge is 0.497 e. The zero-order valence-corrected chi connectivity index (χ0v) is 21.9. The third-order valence-electron chi connectivity index (χ3n) is 7.29. The molecule has 5 nitrogen and oxygen atoms in total. The Balaban J connectivity index is 1.36. The van der Waals surface area contributed by atoms with Crippen molar-refractivity contribution >= 4 is 23.2 Å². The molecule has 1 aromatic heterocycles. The highest BCUT2D eigenvalue weighted by Crippen LogP contribution is 2.39. The Morgan fingerprint density at radius 2 is 1.81 bits per heavy atom. The average molecular weight is 503 g/mol. The van der Waals surface area contributed by atoms with E-state index in [0.29, 0.717) is 12.1 Å². The predicted octanol–water partition coefficient (Wildman–Crippen LogP) is 5.88. The fraction of sp³-hybridized carbons (Fsp3) is 0.400. The molecule has 0 saturated heterocycles. The van der Waals surface area contributed by atoms with E-state index in [1.54, 1.807) is 23.3 Å². The SMILES string of the molecule is CCCCc1ccc(C(=O)N(CC(=O)N2CCc3sccc3C2c2ccc(OC)cc2)C2CC2)cc1. The van der Waals surface area contributed by atoms with Crippen molar-refractivity contribution in [3.63, 3.8) is 0 Å². The molecular weight excluding hydrogens is 468 g/mol. The van der Waals surface area contributed by atoms with Gasteiger partial charge in [-0.2, -0.15) is 0 Å². The molecule has 36 heavy (non-hydrogen) atoms. The molecule has 1 aliphatic carbocycles. The number of fused-ring (bicyclic) bond motifs is 1. The van der Waals surface area contributed by atoms with E-state index < -0.39 is 0 Å². The van der Waals surface area contributed by atoms with E-state index in [1.165, 1.54) is 16.0 Å². The van der Waals surface area contributed by atoms with Gasteiger partial charge in [-0.05, 0) is 84.5 Å². The minimum Gasteiger partial charge on any atom is -0.497 e. The fourth-order valence-corrected chi connectivity index (χ4v) is 5.98. The van der Waals surface area contributed by atoms with Crippen molar-refractivity contribution in [1.82, 2.24) is 9.80 Å². The fourth-order valence-electron chi connectivity index (χ4n) is 5.08. The number of amides is 2. The molecule has 1 unspecified atom stereocenters. The lowest BCUT2D eigenvalue weighted by Crippen LogP contribution is -2.47. The number of rotatable bonds is 9. The zero-order chi connectivity index (χ0) is 25.1. The first-order chi connectivity index (χ1) is 17.6. The number of methoxy groups -OCH3 is 1. The Morgan fingerprint density at radius 3 is 2.47 bits per heavy atom. The van der Waals surface area contributed by atoms with Crippen molar-refractivity contribution in [3.8, 4) is 5.75 Å². The number of benzene rings is 2. The van der Waals surface area contributed by atoms with E-state index in [1.807, 2.05) is 41.3 Å². The first-order valence-corrected chi connectivity index (χ1v) is 13.9. The van der Waals surface area contributed by atoms with Crippen LogP contribution in [0.5, 0.6) is 5.75 Å². The standard InChI is InChI=1S/C30H34N2O3S/c1-3-4-5-21-6-8-23(9-7-21)30(34)32(24-12-13-24)20-28(33)31-18-16-27-26(17-19-36-27)29(31)22-10-14-25(35-2)15-11-22/h6-11,14-15,17,19,24,29H,3-5,12-13,16,18,20H2,1-2H3.